The molecule has 0 spiro atoms. The van der Waals surface area contributed by atoms with Gasteiger partial charge in [0.15, 0.2) is 0 Å². The first-order chi connectivity index (χ1) is 7.77. The number of hydrogen-bond acceptors (Lipinski definition) is 1. The van der Waals surface area contributed by atoms with E-state index in [9.17, 15) is 0 Å². The maximum atomic E-state index is 2.32. The van der Waals surface area contributed by atoms with Crippen LogP contribution in [0.1, 0.15) is 5.56 Å². The average Bonchev–Trinajstić information content (AvgIpc) is 2.29. The Morgan fingerprint density at radius 3 is 2.56 bits per heavy atom. The maximum Gasteiger partial charge on any atom is 0.000999 e. The molecule has 0 amide bonds. The monoisotopic (exact) mass is 212 g/mol. The Labute approximate surface area is 97.7 Å². The van der Waals surface area contributed by atoms with Crippen LogP contribution in [-0.2, 0) is 6.42 Å². The largest absolute Gasteiger partial charge is 0.309 e. The van der Waals surface area contributed by atoms with Gasteiger partial charge in [-0.3, -0.25) is 0 Å². The summed E-state index contributed by atoms with van der Waals surface area (Å²) in [5.41, 5.74) is 1.42. The second-order valence-corrected chi connectivity index (χ2v) is 4.39. The third-order valence-corrected chi connectivity index (χ3v) is 2.74. The van der Waals surface area contributed by atoms with E-state index in [-0.39, 0.29) is 0 Å². The van der Waals surface area contributed by atoms with Crippen LogP contribution in [-0.4, -0.2) is 25.5 Å². The van der Waals surface area contributed by atoms with E-state index < -0.39 is 0 Å². The standard InChI is InChI=1S/C15H18N/c1-16(2)12-6-10-14-9-5-8-13-7-3-4-11-15(13)14/h3-9,11H,10,12H2,1-2H3. The van der Waals surface area contributed by atoms with Gasteiger partial charge in [0.2, 0.25) is 0 Å². The summed E-state index contributed by atoms with van der Waals surface area (Å²) in [6.07, 6.45) is 3.36. The van der Waals surface area contributed by atoms with Crippen LogP contribution in [0.3, 0.4) is 0 Å². The van der Waals surface area contributed by atoms with Crippen molar-refractivity contribution in [2.45, 2.75) is 6.42 Å². The predicted octanol–water partition coefficient (Wildman–Crippen LogP) is 3.15. The van der Waals surface area contributed by atoms with Crippen LogP contribution in [0.25, 0.3) is 10.8 Å². The summed E-state index contributed by atoms with van der Waals surface area (Å²) in [4.78, 5) is 2.19. The average molecular weight is 212 g/mol. The summed E-state index contributed by atoms with van der Waals surface area (Å²) in [6, 6.07) is 15.1. The van der Waals surface area contributed by atoms with Crippen LogP contribution in [0.5, 0.6) is 0 Å². The van der Waals surface area contributed by atoms with Gasteiger partial charge < -0.3 is 4.90 Å². The number of nitrogens with zero attached hydrogens (tertiary/aromatic N) is 1. The fraction of sp³-hybridized carbons (Fsp3) is 0.267. The summed E-state index contributed by atoms with van der Waals surface area (Å²) in [5.74, 6) is 0. The van der Waals surface area contributed by atoms with E-state index in [1.54, 1.807) is 0 Å². The highest BCUT2D eigenvalue weighted by molar-refractivity contribution is 5.85. The van der Waals surface area contributed by atoms with Gasteiger partial charge in [-0.05, 0) is 43.3 Å². The van der Waals surface area contributed by atoms with Crippen LogP contribution in [0.2, 0.25) is 0 Å². The van der Waals surface area contributed by atoms with Crippen molar-refractivity contribution >= 4 is 10.8 Å². The first kappa shape index (κ1) is 11.2. The van der Waals surface area contributed by atoms with E-state index in [0.717, 1.165) is 13.0 Å². The lowest BCUT2D eigenvalue weighted by Gasteiger charge is -2.10. The molecule has 2 aromatic rings. The minimum atomic E-state index is 1.03. The fourth-order valence-corrected chi connectivity index (χ4v) is 1.95. The summed E-state index contributed by atoms with van der Waals surface area (Å²) < 4.78 is 0. The quantitative estimate of drug-likeness (QED) is 0.752. The SMILES string of the molecule is CN(C)C[CH]Cc1cccc2ccccc12. The Kier molecular flexibility index (Phi) is 3.58. The topological polar surface area (TPSA) is 3.24 Å². The predicted molar refractivity (Wildman–Crippen MR) is 70.5 cm³/mol. The molecule has 0 aromatic heterocycles. The molecule has 0 fully saturated rings. The molecule has 1 nitrogen and oxygen atoms in total. The second-order valence-electron chi connectivity index (χ2n) is 4.39. The molecule has 83 valence electrons. The molecule has 1 radical (unpaired) electrons. The molecule has 0 unspecified atom stereocenters. The molecule has 0 bridgehead atoms. The third-order valence-electron chi connectivity index (χ3n) is 2.74. The van der Waals surface area contributed by atoms with Crippen molar-refractivity contribution in [1.82, 2.24) is 4.90 Å². The molecule has 0 aliphatic rings. The number of rotatable bonds is 4. The van der Waals surface area contributed by atoms with E-state index in [2.05, 4.69) is 67.9 Å². The summed E-state index contributed by atoms with van der Waals surface area (Å²) in [7, 11) is 4.19. The van der Waals surface area contributed by atoms with Crippen LogP contribution in [0, 0.1) is 6.42 Å². The Morgan fingerprint density at radius 2 is 1.75 bits per heavy atom. The fourth-order valence-electron chi connectivity index (χ4n) is 1.95. The summed E-state index contributed by atoms with van der Waals surface area (Å²) >= 11 is 0. The van der Waals surface area contributed by atoms with Crippen molar-refractivity contribution in [1.29, 1.82) is 0 Å². The van der Waals surface area contributed by atoms with Crippen molar-refractivity contribution in [3.05, 3.63) is 54.4 Å². The van der Waals surface area contributed by atoms with Gasteiger partial charge in [-0.25, -0.2) is 0 Å². The minimum Gasteiger partial charge on any atom is -0.309 e. The molecule has 0 atom stereocenters. The van der Waals surface area contributed by atoms with Gasteiger partial charge in [0, 0.05) is 6.54 Å². The van der Waals surface area contributed by atoms with Crippen molar-refractivity contribution < 1.29 is 0 Å². The zero-order valence-electron chi connectivity index (χ0n) is 9.98. The van der Waals surface area contributed by atoms with Gasteiger partial charge in [0.1, 0.15) is 0 Å². The van der Waals surface area contributed by atoms with Crippen LogP contribution >= 0.6 is 0 Å². The Bertz CT molecular complexity index is 454. The lowest BCUT2D eigenvalue weighted by Crippen LogP contribution is -2.14. The molecule has 0 heterocycles. The zero-order chi connectivity index (χ0) is 11.4. The molecule has 2 rings (SSSR count). The zero-order valence-corrected chi connectivity index (χ0v) is 9.98. The van der Waals surface area contributed by atoms with Crippen molar-refractivity contribution in [2.75, 3.05) is 20.6 Å². The molecular weight excluding hydrogens is 194 g/mol. The summed E-state index contributed by atoms with van der Waals surface area (Å²) in [5, 5.41) is 2.71. The van der Waals surface area contributed by atoms with E-state index in [0.29, 0.717) is 0 Å². The third kappa shape index (κ3) is 2.61. The molecule has 0 N–H and O–H groups in total. The summed E-state index contributed by atoms with van der Waals surface area (Å²) in [6.45, 7) is 1.03. The van der Waals surface area contributed by atoms with Crippen molar-refractivity contribution in [3.63, 3.8) is 0 Å². The first-order valence-corrected chi connectivity index (χ1v) is 5.70. The van der Waals surface area contributed by atoms with Crippen LogP contribution in [0.15, 0.2) is 42.5 Å². The molecule has 0 saturated carbocycles. The van der Waals surface area contributed by atoms with Gasteiger partial charge in [-0.2, -0.15) is 0 Å². The van der Waals surface area contributed by atoms with Gasteiger partial charge in [0.05, 0.1) is 0 Å². The van der Waals surface area contributed by atoms with Crippen LogP contribution < -0.4 is 0 Å². The Hall–Kier alpha value is -1.34. The lowest BCUT2D eigenvalue weighted by atomic mass is 10.0. The van der Waals surface area contributed by atoms with Gasteiger partial charge in [-0.1, -0.05) is 42.5 Å². The number of fused-ring (bicyclic) bond motifs is 1. The second kappa shape index (κ2) is 5.13. The van der Waals surface area contributed by atoms with Crippen molar-refractivity contribution in [2.24, 2.45) is 0 Å². The molecule has 0 aliphatic heterocycles. The molecular formula is C15H18N. The molecule has 16 heavy (non-hydrogen) atoms. The smallest absolute Gasteiger partial charge is 0.000999 e. The van der Waals surface area contributed by atoms with Crippen molar-refractivity contribution in [3.8, 4) is 0 Å². The molecule has 0 saturated heterocycles. The normalized spacial score (nSPS) is 11.2. The highest BCUT2D eigenvalue weighted by Gasteiger charge is 2.00. The first-order valence-electron chi connectivity index (χ1n) is 5.70. The number of benzene rings is 2. The Morgan fingerprint density at radius 1 is 1.00 bits per heavy atom. The Balaban J connectivity index is 2.17. The highest BCUT2D eigenvalue weighted by atomic mass is 15.0. The van der Waals surface area contributed by atoms with E-state index in [1.807, 2.05) is 0 Å². The molecule has 1 heteroatoms. The maximum absolute atomic E-state index is 2.32. The lowest BCUT2D eigenvalue weighted by molar-refractivity contribution is 0.439. The van der Waals surface area contributed by atoms with Gasteiger partial charge >= 0.3 is 0 Å². The van der Waals surface area contributed by atoms with E-state index in [4.69, 9.17) is 0 Å². The minimum absolute atomic E-state index is 1.03. The van der Waals surface area contributed by atoms with Gasteiger partial charge in [-0.15, -0.1) is 0 Å². The van der Waals surface area contributed by atoms with E-state index >= 15 is 0 Å². The van der Waals surface area contributed by atoms with Gasteiger partial charge in [0.25, 0.3) is 0 Å². The van der Waals surface area contributed by atoms with Crippen LogP contribution in [0.4, 0.5) is 0 Å². The van der Waals surface area contributed by atoms with E-state index in [1.165, 1.54) is 16.3 Å². The molecule has 2 aromatic carbocycles. The molecule has 0 aliphatic carbocycles. The highest BCUT2D eigenvalue weighted by Crippen LogP contribution is 2.19. The number of hydrogen-bond donors (Lipinski definition) is 0.